The van der Waals surface area contributed by atoms with E-state index in [0.29, 0.717) is 18.8 Å². The second kappa shape index (κ2) is 5.62. The first-order valence-corrected chi connectivity index (χ1v) is 6.26. The van der Waals surface area contributed by atoms with Crippen LogP contribution in [0.25, 0.3) is 0 Å². The van der Waals surface area contributed by atoms with E-state index >= 15 is 0 Å². The molecule has 0 aliphatic carbocycles. The molecule has 1 aliphatic heterocycles. The molecule has 5 heteroatoms. The Labute approximate surface area is 103 Å². The third-order valence-electron chi connectivity index (χ3n) is 2.95. The van der Waals surface area contributed by atoms with Crippen molar-refractivity contribution in [2.24, 2.45) is 5.73 Å². The van der Waals surface area contributed by atoms with Crippen molar-refractivity contribution in [1.82, 2.24) is 14.5 Å². The van der Waals surface area contributed by atoms with Crippen LogP contribution in [0, 0.1) is 0 Å². The van der Waals surface area contributed by atoms with Crippen molar-refractivity contribution in [3.8, 4) is 0 Å². The van der Waals surface area contributed by atoms with Crippen LogP contribution in [0.1, 0.15) is 19.5 Å². The van der Waals surface area contributed by atoms with Crippen molar-refractivity contribution in [3.63, 3.8) is 0 Å². The molecular formula is C12H22N4O. The highest BCUT2D eigenvalue weighted by Gasteiger charge is 2.22. The number of hydrogen-bond acceptors (Lipinski definition) is 4. The molecule has 1 aromatic heterocycles. The van der Waals surface area contributed by atoms with Crippen LogP contribution >= 0.6 is 0 Å². The SMILES string of the molecule is CC1CN(Cc2cn(CCN)cn2)CC(C)O1. The molecular weight excluding hydrogens is 216 g/mol. The van der Waals surface area contributed by atoms with Crippen LogP contribution in [0.2, 0.25) is 0 Å². The van der Waals surface area contributed by atoms with Gasteiger partial charge in [0.25, 0.3) is 0 Å². The molecule has 1 fully saturated rings. The molecule has 2 atom stereocenters. The maximum absolute atomic E-state index is 5.71. The summed E-state index contributed by atoms with van der Waals surface area (Å²) in [6.45, 7) is 8.59. The van der Waals surface area contributed by atoms with Crippen LogP contribution < -0.4 is 5.73 Å². The zero-order valence-corrected chi connectivity index (χ0v) is 10.7. The van der Waals surface area contributed by atoms with Crippen LogP contribution in [-0.4, -0.2) is 46.3 Å². The predicted molar refractivity (Wildman–Crippen MR) is 66.6 cm³/mol. The van der Waals surface area contributed by atoms with E-state index in [0.717, 1.165) is 31.9 Å². The number of nitrogens with two attached hydrogens (primary N) is 1. The lowest BCUT2D eigenvalue weighted by atomic mass is 10.2. The third kappa shape index (κ3) is 3.52. The second-order valence-corrected chi connectivity index (χ2v) is 4.84. The molecule has 0 amide bonds. The standard InChI is InChI=1S/C12H22N4O/c1-10-5-16(6-11(2)17-10)8-12-7-15(4-3-13)9-14-12/h7,9-11H,3-6,8,13H2,1-2H3. The smallest absolute Gasteiger partial charge is 0.0950 e. The first-order chi connectivity index (χ1) is 8.17. The summed E-state index contributed by atoms with van der Waals surface area (Å²) in [5.41, 5.74) is 6.63. The Kier molecular flexibility index (Phi) is 4.15. The monoisotopic (exact) mass is 238 g/mol. The van der Waals surface area contributed by atoms with Gasteiger partial charge in [-0.1, -0.05) is 0 Å². The van der Waals surface area contributed by atoms with Crippen LogP contribution in [0.15, 0.2) is 12.5 Å². The molecule has 96 valence electrons. The predicted octanol–water partition coefficient (Wildman–Crippen LogP) is 0.451. The van der Waals surface area contributed by atoms with Gasteiger partial charge in [0, 0.05) is 38.9 Å². The molecule has 17 heavy (non-hydrogen) atoms. The number of rotatable bonds is 4. The Morgan fingerprint density at radius 3 is 2.76 bits per heavy atom. The quantitative estimate of drug-likeness (QED) is 0.827. The van der Waals surface area contributed by atoms with Crippen LogP contribution in [0.3, 0.4) is 0 Å². The highest BCUT2D eigenvalue weighted by molar-refractivity contribution is 4.97. The minimum Gasteiger partial charge on any atom is -0.373 e. The molecule has 2 unspecified atom stereocenters. The average Bonchev–Trinajstić information content (AvgIpc) is 2.64. The van der Waals surface area contributed by atoms with Crippen LogP contribution in [0.5, 0.6) is 0 Å². The lowest BCUT2D eigenvalue weighted by Gasteiger charge is -2.34. The number of ether oxygens (including phenoxy) is 1. The number of nitrogens with zero attached hydrogens (tertiary/aromatic N) is 3. The van der Waals surface area contributed by atoms with Gasteiger partial charge in [0.1, 0.15) is 0 Å². The highest BCUT2D eigenvalue weighted by Crippen LogP contribution is 2.13. The zero-order chi connectivity index (χ0) is 12.3. The molecule has 5 nitrogen and oxygen atoms in total. The van der Waals surface area contributed by atoms with Gasteiger partial charge in [-0.15, -0.1) is 0 Å². The molecule has 0 saturated carbocycles. The molecule has 2 rings (SSSR count). The molecule has 1 aromatic rings. The summed E-state index contributed by atoms with van der Waals surface area (Å²) in [7, 11) is 0. The number of imidazole rings is 1. The minimum absolute atomic E-state index is 0.310. The van der Waals surface area contributed by atoms with Gasteiger partial charge >= 0.3 is 0 Å². The van der Waals surface area contributed by atoms with E-state index in [-0.39, 0.29) is 0 Å². The summed E-state index contributed by atoms with van der Waals surface area (Å²) >= 11 is 0. The van der Waals surface area contributed by atoms with Crippen molar-refractivity contribution in [1.29, 1.82) is 0 Å². The van der Waals surface area contributed by atoms with Crippen LogP contribution in [-0.2, 0) is 17.8 Å². The molecule has 2 heterocycles. The normalized spacial score (nSPS) is 26.3. The topological polar surface area (TPSA) is 56.3 Å². The fourth-order valence-electron chi connectivity index (χ4n) is 2.40. The van der Waals surface area contributed by atoms with Crippen molar-refractivity contribution in [3.05, 3.63) is 18.2 Å². The molecule has 0 bridgehead atoms. The molecule has 1 aliphatic rings. The molecule has 0 radical (unpaired) electrons. The maximum Gasteiger partial charge on any atom is 0.0950 e. The lowest BCUT2D eigenvalue weighted by molar-refractivity contribution is -0.0707. The summed E-state index contributed by atoms with van der Waals surface area (Å²) in [5, 5.41) is 0. The lowest BCUT2D eigenvalue weighted by Crippen LogP contribution is -2.44. The Hall–Kier alpha value is -0.910. The van der Waals surface area contributed by atoms with E-state index in [1.165, 1.54) is 0 Å². The third-order valence-corrected chi connectivity index (χ3v) is 2.95. The van der Waals surface area contributed by atoms with E-state index in [4.69, 9.17) is 10.5 Å². The van der Waals surface area contributed by atoms with Gasteiger partial charge in [0.2, 0.25) is 0 Å². The second-order valence-electron chi connectivity index (χ2n) is 4.84. The number of morpholine rings is 1. The Bertz CT molecular complexity index is 342. The fraction of sp³-hybridized carbons (Fsp3) is 0.750. The first-order valence-electron chi connectivity index (χ1n) is 6.26. The molecule has 0 aromatic carbocycles. The molecule has 0 spiro atoms. The van der Waals surface area contributed by atoms with Crippen molar-refractivity contribution >= 4 is 0 Å². The summed E-state index contributed by atoms with van der Waals surface area (Å²) in [6.07, 6.45) is 4.56. The Balaban J connectivity index is 1.90. The largest absolute Gasteiger partial charge is 0.373 e. The van der Waals surface area contributed by atoms with Gasteiger partial charge in [-0.05, 0) is 13.8 Å². The van der Waals surface area contributed by atoms with E-state index in [1.807, 2.05) is 10.9 Å². The Morgan fingerprint density at radius 2 is 2.12 bits per heavy atom. The van der Waals surface area contributed by atoms with Gasteiger partial charge in [-0.3, -0.25) is 4.90 Å². The van der Waals surface area contributed by atoms with E-state index in [1.54, 1.807) is 0 Å². The van der Waals surface area contributed by atoms with Gasteiger partial charge in [0.05, 0.1) is 24.2 Å². The number of aromatic nitrogens is 2. The summed E-state index contributed by atoms with van der Waals surface area (Å²) in [4.78, 5) is 6.80. The van der Waals surface area contributed by atoms with Crippen molar-refractivity contribution < 1.29 is 4.74 Å². The average molecular weight is 238 g/mol. The molecule has 2 N–H and O–H groups in total. The van der Waals surface area contributed by atoms with Gasteiger partial charge < -0.3 is 15.0 Å². The molecule has 1 saturated heterocycles. The fourth-order valence-corrected chi connectivity index (χ4v) is 2.40. The summed E-state index contributed by atoms with van der Waals surface area (Å²) < 4.78 is 7.76. The zero-order valence-electron chi connectivity index (χ0n) is 10.7. The van der Waals surface area contributed by atoms with E-state index in [9.17, 15) is 0 Å². The van der Waals surface area contributed by atoms with Gasteiger partial charge in [0.15, 0.2) is 0 Å². The van der Waals surface area contributed by atoms with E-state index in [2.05, 4.69) is 29.9 Å². The Morgan fingerprint density at radius 1 is 1.41 bits per heavy atom. The maximum atomic E-state index is 5.71. The highest BCUT2D eigenvalue weighted by atomic mass is 16.5. The summed E-state index contributed by atoms with van der Waals surface area (Å²) in [5.74, 6) is 0. The minimum atomic E-state index is 0.310. The number of hydrogen-bond donors (Lipinski definition) is 1. The van der Waals surface area contributed by atoms with Crippen molar-refractivity contribution in [2.75, 3.05) is 19.6 Å². The van der Waals surface area contributed by atoms with Crippen LogP contribution in [0.4, 0.5) is 0 Å². The van der Waals surface area contributed by atoms with Gasteiger partial charge in [-0.25, -0.2) is 4.98 Å². The van der Waals surface area contributed by atoms with Gasteiger partial charge in [-0.2, -0.15) is 0 Å². The summed E-state index contributed by atoms with van der Waals surface area (Å²) in [6, 6.07) is 0. The van der Waals surface area contributed by atoms with E-state index < -0.39 is 0 Å². The van der Waals surface area contributed by atoms with Crippen molar-refractivity contribution in [2.45, 2.75) is 39.1 Å². The first kappa shape index (κ1) is 12.5.